The second kappa shape index (κ2) is 8.78. The third-order valence-corrected chi connectivity index (χ3v) is 3.45. The Kier molecular flexibility index (Phi) is 6.41. The maximum absolute atomic E-state index is 12.8. The molecule has 2 aromatic rings. The van der Waals surface area contributed by atoms with Crippen LogP contribution in [0.2, 0.25) is 0 Å². The highest BCUT2D eigenvalue weighted by Gasteiger charge is 2.01. The first-order valence-corrected chi connectivity index (χ1v) is 7.56. The van der Waals surface area contributed by atoms with Crippen LogP contribution in [-0.2, 0) is 12.8 Å². The smallest absolute Gasteiger partial charge is 0.314 e. The highest BCUT2D eigenvalue weighted by molar-refractivity contribution is 5.73. The summed E-state index contributed by atoms with van der Waals surface area (Å²) in [5.74, 6) is 0.559. The van der Waals surface area contributed by atoms with Gasteiger partial charge in [0.25, 0.3) is 0 Å². The number of carbonyl (C=O) groups excluding carboxylic acids is 1. The Balaban J connectivity index is 1.64. The molecule has 0 aliphatic heterocycles. The Morgan fingerprint density at radius 1 is 1.00 bits per heavy atom. The SMILES string of the molecule is COc1cccc(CCNC(=O)NCCc2ccc(F)cc2)c1. The van der Waals surface area contributed by atoms with Gasteiger partial charge in [-0.15, -0.1) is 0 Å². The second-order valence-electron chi connectivity index (χ2n) is 5.16. The predicted octanol–water partition coefficient (Wildman–Crippen LogP) is 2.92. The molecule has 0 saturated heterocycles. The zero-order valence-corrected chi connectivity index (χ0v) is 13.1. The monoisotopic (exact) mass is 316 g/mol. The molecular weight excluding hydrogens is 295 g/mol. The summed E-state index contributed by atoms with van der Waals surface area (Å²) < 4.78 is 17.9. The van der Waals surface area contributed by atoms with Gasteiger partial charge in [0.2, 0.25) is 0 Å². The molecule has 0 atom stereocenters. The molecule has 2 rings (SSSR count). The van der Waals surface area contributed by atoms with Crippen molar-refractivity contribution in [3.63, 3.8) is 0 Å². The molecule has 0 fully saturated rings. The fourth-order valence-corrected chi connectivity index (χ4v) is 2.18. The van der Waals surface area contributed by atoms with Crippen molar-refractivity contribution in [3.8, 4) is 5.75 Å². The topological polar surface area (TPSA) is 50.4 Å². The second-order valence-corrected chi connectivity index (χ2v) is 5.16. The molecular formula is C18H21FN2O2. The van der Waals surface area contributed by atoms with Crippen LogP contribution >= 0.6 is 0 Å². The van der Waals surface area contributed by atoms with E-state index in [0.717, 1.165) is 23.3 Å². The van der Waals surface area contributed by atoms with Gasteiger partial charge in [0, 0.05) is 13.1 Å². The van der Waals surface area contributed by atoms with Crippen molar-refractivity contribution in [3.05, 3.63) is 65.5 Å². The van der Waals surface area contributed by atoms with Crippen LogP contribution in [0.1, 0.15) is 11.1 Å². The summed E-state index contributed by atoms with van der Waals surface area (Å²) in [6, 6.07) is 13.8. The highest BCUT2D eigenvalue weighted by atomic mass is 19.1. The van der Waals surface area contributed by atoms with Crippen molar-refractivity contribution >= 4 is 6.03 Å². The van der Waals surface area contributed by atoms with Crippen LogP contribution in [0.4, 0.5) is 9.18 Å². The number of halogens is 1. The molecule has 0 aromatic heterocycles. The minimum absolute atomic E-state index is 0.199. The summed E-state index contributed by atoms with van der Waals surface area (Å²) in [6.07, 6.45) is 1.41. The summed E-state index contributed by atoms with van der Waals surface area (Å²) in [6.45, 7) is 1.06. The number of hydrogen-bond donors (Lipinski definition) is 2. The van der Waals surface area contributed by atoms with E-state index in [9.17, 15) is 9.18 Å². The lowest BCUT2D eigenvalue weighted by molar-refractivity contribution is 0.241. The van der Waals surface area contributed by atoms with Crippen molar-refractivity contribution in [2.24, 2.45) is 0 Å². The van der Waals surface area contributed by atoms with Crippen molar-refractivity contribution in [1.82, 2.24) is 10.6 Å². The quantitative estimate of drug-likeness (QED) is 0.825. The van der Waals surface area contributed by atoms with Crippen molar-refractivity contribution in [1.29, 1.82) is 0 Å². The zero-order chi connectivity index (χ0) is 16.5. The van der Waals surface area contributed by atoms with E-state index >= 15 is 0 Å². The van der Waals surface area contributed by atoms with Crippen molar-refractivity contribution in [2.45, 2.75) is 12.8 Å². The van der Waals surface area contributed by atoms with Gasteiger partial charge < -0.3 is 15.4 Å². The van der Waals surface area contributed by atoms with E-state index in [1.165, 1.54) is 12.1 Å². The number of hydrogen-bond acceptors (Lipinski definition) is 2. The zero-order valence-electron chi connectivity index (χ0n) is 13.1. The molecule has 0 unspecified atom stereocenters. The summed E-state index contributed by atoms with van der Waals surface area (Å²) >= 11 is 0. The predicted molar refractivity (Wildman–Crippen MR) is 88.2 cm³/mol. The number of methoxy groups -OCH3 is 1. The molecule has 0 saturated carbocycles. The normalized spacial score (nSPS) is 10.2. The van der Waals surface area contributed by atoms with Crippen LogP contribution in [0.15, 0.2) is 48.5 Å². The Morgan fingerprint density at radius 3 is 2.30 bits per heavy atom. The molecule has 0 spiro atoms. The lowest BCUT2D eigenvalue weighted by Crippen LogP contribution is -2.37. The molecule has 5 heteroatoms. The van der Waals surface area contributed by atoms with Gasteiger partial charge in [0.15, 0.2) is 0 Å². The third-order valence-electron chi connectivity index (χ3n) is 3.45. The van der Waals surface area contributed by atoms with E-state index in [-0.39, 0.29) is 11.8 Å². The van der Waals surface area contributed by atoms with E-state index < -0.39 is 0 Å². The largest absolute Gasteiger partial charge is 0.497 e. The minimum Gasteiger partial charge on any atom is -0.497 e. The van der Waals surface area contributed by atoms with Crippen LogP contribution in [-0.4, -0.2) is 26.2 Å². The van der Waals surface area contributed by atoms with Gasteiger partial charge in [-0.1, -0.05) is 24.3 Å². The van der Waals surface area contributed by atoms with E-state index in [2.05, 4.69) is 10.6 Å². The third kappa shape index (κ3) is 5.98. The van der Waals surface area contributed by atoms with Gasteiger partial charge in [-0.05, 0) is 48.2 Å². The Morgan fingerprint density at radius 2 is 1.65 bits per heavy atom. The fourth-order valence-electron chi connectivity index (χ4n) is 2.18. The van der Waals surface area contributed by atoms with E-state index in [4.69, 9.17) is 4.74 Å². The first-order chi connectivity index (χ1) is 11.2. The van der Waals surface area contributed by atoms with Gasteiger partial charge in [-0.3, -0.25) is 0 Å². The number of ether oxygens (including phenoxy) is 1. The molecule has 0 heterocycles. The number of carbonyl (C=O) groups is 1. The first kappa shape index (κ1) is 16.8. The first-order valence-electron chi connectivity index (χ1n) is 7.56. The summed E-state index contributed by atoms with van der Waals surface area (Å²) in [7, 11) is 1.63. The molecule has 0 bridgehead atoms. The van der Waals surface area contributed by atoms with Gasteiger partial charge in [0.1, 0.15) is 11.6 Å². The van der Waals surface area contributed by atoms with Gasteiger partial charge in [-0.25, -0.2) is 9.18 Å². The highest BCUT2D eigenvalue weighted by Crippen LogP contribution is 2.12. The Bertz CT molecular complexity index is 629. The lowest BCUT2D eigenvalue weighted by Gasteiger charge is -2.08. The summed E-state index contributed by atoms with van der Waals surface area (Å²) in [4.78, 5) is 11.7. The molecule has 23 heavy (non-hydrogen) atoms. The van der Waals surface area contributed by atoms with Crippen LogP contribution in [0, 0.1) is 5.82 Å². The van der Waals surface area contributed by atoms with Gasteiger partial charge in [0.05, 0.1) is 7.11 Å². The lowest BCUT2D eigenvalue weighted by atomic mass is 10.1. The maximum Gasteiger partial charge on any atom is 0.314 e. The number of nitrogens with one attached hydrogen (secondary N) is 2. The molecule has 4 nitrogen and oxygen atoms in total. The number of rotatable bonds is 7. The molecule has 2 N–H and O–H groups in total. The Labute approximate surface area is 135 Å². The van der Waals surface area contributed by atoms with E-state index in [1.807, 2.05) is 24.3 Å². The number of urea groups is 1. The Hall–Kier alpha value is -2.56. The average Bonchev–Trinajstić information content (AvgIpc) is 2.57. The van der Waals surface area contributed by atoms with E-state index in [1.54, 1.807) is 19.2 Å². The summed E-state index contributed by atoms with van der Waals surface area (Å²) in [5, 5.41) is 5.60. The van der Waals surface area contributed by atoms with Gasteiger partial charge >= 0.3 is 6.03 Å². The van der Waals surface area contributed by atoms with Crippen LogP contribution in [0.25, 0.3) is 0 Å². The van der Waals surface area contributed by atoms with Gasteiger partial charge in [-0.2, -0.15) is 0 Å². The van der Waals surface area contributed by atoms with Crippen molar-refractivity contribution in [2.75, 3.05) is 20.2 Å². The summed E-state index contributed by atoms with van der Waals surface area (Å²) in [5.41, 5.74) is 2.10. The molecule has 0 aliphatic carbocycles. The van der Waals surface area contributed by atoms with Crippen LogP contribution < -0.4 is 15.4 Å². The van der Waals surface area contributed by atoms with Crippen molar-refractivity contribution < 1.29 is 13.9 Å². The molecule has 2 aromatic carbocycles. The molecule has 0 radical (unpaired) electrons. The fraction of sp³-hybridized carbons (Fsp3) is 0.278. The number of amides is 2. The average molecular weight is 316 g/mol. The molecule has 2 amide bonds. The maximum atomic E-state index is 12.8. The standard InChI is InChI=1S/C18H21FN2O2/c1-23-17-4-2-3-15(13-17)10-12-21-18(22)20-11-9-14-5-7-16(19)8-6-14/h2-8,13H,9-12H2,1H3,(H2,20,21,22). The number of benzene rings is 2. The van der Waals surface area contributed by atoms with E-state index in [0.29, 0.717) is 19.5 Å². The van der Waals surface area contributed by atoms with Crippen LogP contribution in [0.3, 0.4) is 0 Å². The van der Waals surface area contributed by atoms with Crippen LogP contribution in [0.5, 0.6) is 5.75 Å². The minimum atomic E-state index is -0.253. The molecule has 122 valence electrons. The molecule has 0 aliphatic rings.